The summed E-state index contributed by atoms with van der Waals surface area (Å²) in [5.41, 5.74) is 2.27. The maximum atomic E-state index is 13.1. The Morgan fingerprint density at radius 3 is 2.33 bits per heavy atom. The first kappa shape index (κ1) is 20.8. The number of amides is 1. The van der Waals surface area contributed by atoms with Crippen molar-refractivity contribution in [2.24, 2.45) is 0 Å². The van der Waals surface area contributed by atoms with Gasteiger partial charge in [0.2, 0.25) is 0 Å². The largest absolute Gasteiger partial charge is 0.491 e. The van der Waals surface area contributed by atoms with Crippen LogP contribution in [0.3, 0.4) is 0 Å². The third kappa shape index (κ3) is 5.54. The first-order valence-corrected chi connectivity index (χ1v) is 9.52. The Hall–Kier alpha value is -3.93. The minimum absolute atomic E-state index is 0.0303. The molecule has 0 fully saturated rings. The van der Waals surface area contributed by atoms with Gasteiger partial charge in [0, 0.05) is 23.4 Å². The van der Waals surface area contributed by atoms with E-state index in [9.17, 15) is 14.9 Å². The van der Waals surface area contributed by atoms with Gasteiger partial charge in [0.05, 0.1) is 11.0 Å². The van der Waals surface area contributed by atoms with Crippen LogP contribution < -0.4 is 10.1 Å². The molecule has 6 heteroatoms. The van der Waals surface area contributed by atoms with Crippen molar-refractivity contribution in [3.8, 4) is 5.75 Å². The van der Waals surface area contributed by atoms with E-state index in [0.717, 1.165) is 5.75 Å². The number of non-ortho nitro benzene ring substituents is 1. The fourth-order valence-electron chi connectivity index (χ4n) is 2.88. The van der Waals surface area contributed by atoms with E-state index in [1.807, 2.05) is 44.2 Å². The number of carbonyl (C=O) groups excluding carboxylic acids is 1. The van der Waals surface area contributed by atoms with Gasteiger partial charge in [0.25, 0.3) is 11.6 Å². The molecule has 0 atom stereocenters. The number of rotatable bonds is 7. The van der Waals surface area contributed by atoms with E-state index >= 15 is 0 Å². The zero-order valence-corrected chi connectivity index (χ0v) is 16.7. The van der Waals surface area contributed by atoms with Crippen molar-refractivity contribution in [2.75, 3.05) is 5.32 Å². The zero-order chi connectivity index (χ0) is 21.5. The molecule has 0 aliphatic heterocycles. The minimum atomic E-state index is -0.458. The van der Waals surface area contributed by atoms with Crippen LogP contribution in [0.2, 0.25) is 0 Å². The fourth-order valence-corrected chi connectivity index (χ4v) is 2.88. The highest BCUT2D eigenvalue weighted by atomic mass is 16.6. The first-order valence-electron chi connectivity index (χ1n) is 9.52. The molecule has 0 unspecified atom stereocenters. The number of hydrogen-bond acceptors (Lipinski definition) is 4. The quantitative estimate of drug-likeness (QED) is 0.243. The number of nitrogens with zero attached hydrogens (tertiary/aromatic N) is 1. The molecular weight excluding hydrogens is 380 g/mol. The fraction of sp³-hybridized carbons (Fsp3) is 0.125. The number of nitrogens with one attached hydrogen (secondary N) is 1. The van der Waals surface area contributed by atoms with Crippen molar-refractivity contribution in [3.63, 3.8) is 0 Å². The number of anilines is 1. The lowest BCUT2D eigenvalue weighted by molar-refractivity contribution is -0.384. The summed E-state index contributed by atoms with van der Waals surface area (Å²) in [5, 5.41) is 14.0. The maximum Gasteiger partial charge on any atom is 0.270 e. The van der Waals surface area contributed by atoms with Crippen LogP contribution >= 0.6 is 0 Å². The molecule has 1 amide bonds. The molecule has 1 N–H and O–H groups in total. The molecule has 0 saturated heterocycles. The first-order chi connectivity index (χ1) is 14.4. The Labute approximate surface area is 175 Å². The second-order valence-corrected chi connectivity index (χ2v) is 6.92. The summed E-state index contributed by atoms with van der Waals surface area (Å²) in [4.78, 5) is 23.7. The van der Waals surface area contributed by atoms with Crippen LogP contribution in [0.25, 0.3) is 11.6 Å². The van der Waals surface area contributed by atoms with Crippen LogP contribution in [0.4, 0.5) is 11.4 Å². The Balaban J connectivity index is 1.90. The lowest BCUT2D eigenvalue weighted by Gasteiger charge is -2.12. The molecule has 0 saturated carbocycles. The summed E-state index contributed by atoms with van der Waals surface area (Å²) in [5.74, 6) is 0.406. The number of nitro benzene ring substituents is 1. The molecule has 0 spiro atoms. The lowest BCUT2D eigenvalue weighted by atomic mass is 10.0. The molecule has 0 heterocycles. The van der Waals surface area contributed by atoms with Crippen LogP contribution in [0.5, 0.6) is 5.75 Å². The van der Waals surface area contributed by atoms with Gasteiger partial charge in [-0.3, -0.25) is 14.9 Å². The number of carbonyl (C=O) groups is 1. The predicted octanol–water partition coefficient (Wildman–Crippen LogP) is 5.56. The number of hydrogen-bond donors (Lipinski definition) is 1. The van der Waals surface area contributed by atoms with Crippen LogP contribution in [0.1, 0.15) is 25.0 Å². The molecule has 3 rings (SSSR count). The van der Waals surface area contributed by atoms with Crippen LogP contribution in [0.15, 0.2) is 78.9 Å². The van der Waals surface area contributed by atoms with Crippen LogP contribution in [-0.4, -0.2) is 16.9 Å². The lowest BCUT2D eigenvalue weighted by Crippen LogP contribution is -2.13. The topological polar surface area (TPSA) is 81.5 Å². The van der Waals surface area contributed by atoms with E-state index in [1.54, 1.807) is 42.5 Å². The molecule has 0 aromatic heterocycles. The summed E-state index contributed by atoms with van der Waals surface area (Å²) >= 11 is 0. The summed E-state index contributed by atoms with van der Waals surface area (Å²) in [6.45, 7) is 3.89. The van der Waals surface area contributed by atoms with Crippen molar-refractivity contribution in [1.29, 1.82) is 0 Å². The second-order valence-electron chi connectivity index (χ2n) is 6.92. The SMILES string of the molecule is CC(C)Oc1ccc(NC(=O)/C(=C/c2cccc([N+](=O)[O-])c2)c2ccccc2)cc1. The van der Waals surface area contributed by atoms with Gasteiger partial charge in [0.1, 0.15) is 5.75 Å². The maximum absolute atomic E-state index is 13.1. The molecule has 0 aliphatic rings. The van der Waals surface area contributed by atoms with E-state index in [-0.39, 0.29) is 17.7 Å². The van der Waals surface area contributed by atoms with Crippen LogP contribution in [-0.2, 0) is 4.79 Å². The van der Waals surface area contributed by atoms with Gasteiger partial charge in [-0.2, -0.15) is 0 Å². The van der Waals surface area contributed by atoms with Gasteiger partial charge in [-0.15, -0.1) is 0 Å². The average molecular weight is 402 g/mol. The summed E-state index contributed by atoms with van der Waals surface area (Å²) in [6, 6.07) is 22.5. The Kier molecular flexibility index (Phi) is 6.60. The minimum Gasteiger partial charge on any atom is -0.491 e. The summed E-state index contributed by atoms with van der Waals surface area (Å²) in [6.07, 6.45) is 1.71. The van der Waals surface area contributed by atoms with Crippen LogP contribution in [0, 0.1) is 10.1 Å². The molecule has 6 nitrogen and oxygen atoms in total. The molecule has 3 aromatic carbocycles. The third-order valence-corrected chi connectivity index (χ3v) is 4.21. The normalized spacial score (nSPS) is 11.2. The highest BCUT2D eigenvalue weighted by molar-refractivity contribution is 6.29. The molecule has 152 valence electrons. The van der Waals surface area contributed by atoms with E-state index in [0.29, 0.717) is 22.4 Å². The van der Waals surface area contributed by atoms with Gasteiger partial charge in [-0.25, -0.2) is 0 Å². The molecule has 0 aliphatic carbocycles. The Bertz CT molecular complexity index is 1060. The van der Waals surface area contributed by atoms with E-state index in [1.165, 1.54) is 12.1 Å². The Morgan fingerprint density at radius 1 is 1.00 bits per heavy atom. The van der Waals surface area contributed by atoms with Gasteiger partial charge in [0.15, 0.2) is 0 Å². The molecule has 0 bridgehead atoms. The number of ether oxygens (including phenoxy) is 1. The predicted molar refractivity (Wildman–Crippen MR) is 118 cm³/mol. The third-order valence-electron chi connectivity index (χ3n) is 4.21. The standard InChI is InChI=1S/C24H22N2O4/c1-17(2)30-22-13-11-20(12-14-22)25-24(27)23(19-8-4-3-5-9-19)16-18-7-6-10-21(15-18)26(28)29/h3-17H,1-2H3,(H,25,27)/b23-16+. The van der Waals surface area contributed by atoms with E-state index in [2.05, 4.69) is 5.32 Å². The molecule has 30 heavy (non-hydrogen) atoms. The Morgan fingerprint density at radius 2 is 1.70 bits per heavy atom. The van der Waals surface area contributed by atoms with Gasteiger partial charge < -0.3 is 10.1 Å². The van der Waals surface area contributed by atoms with E-state index < -0.39 is 4.92 Å². The molecule has 0 radical (unpaired) electrons. The average Bonchev–Trinajstić information content (AvgIpc) is 2.74. The highest BCUT2D eigenvalue weighted by Crippen LogP contribution is 2.24. The molecule has 3 aromatic rings. The highest BCUT2D eigenvalue weighted by Gasteiger charge is 2.14. The summed E-state index contributed by atoms with van der Waals surface area (Å²) in [7, 11) is 0. The smallest absolute Gasteiger partial charge is 0.270 e. The zero-order valence-electron chi connectivity index (χ0n) is 16.7. The van der Waals surface area contributed by atoms with Crippen molar-refractivity contribution in [3.05, 3.63) is 100 Å². The van der Waals surface area contributed by atoms with Crippen molar-refractivity contribution >= 4 is 28.9 Å². The van der Waals surface area contributed by atoms with E-state index in [4.69, 9.17) is 4.74 Å². The van der Waals surface area contributed by atoms with Crippen molar-refractivity contribution in [2.45, 2.75) is 20.0 Å². The monoisotopic (exact) mass is 402 g/mol. The van der Waals surface area contributed by atoms with Gasteiger partial charge >= 0.3 is 0 Å². The van der Waals surface area contributed by atoms with Gasteiger partial charge in [-0.1, -0.05) is 42.5 Å². The van der Waals surface area contributed by atoms with Gasteiger partial charge in [-0.05, 0) is 55.3 Å². The van der Waals surface area contributed by atoms with Crippen molar-refractivity contribution < 1.29 is 14.5 Å². The number of nitro groups is 1. The van der Waals surface area contributed by atoms with Crippen molar-refractivity contribution in [1.82, 2.24) is 0 Å². The second kappa shape index (κ2) is 9.52. The number of benzene rings is 3. The summed E-state index contributed by atoms with van der Waals surface area (Å²) < 4.78 is 5.62. The molecular formula is C24H22N2O4.